The first-order chi connectivity index (χ1) is 11.7. The van der Waals surface area contributed by atoms with E-state index in [4.69, 9.17) is 0 Å². The van der Waals surface area contributed by atoms with Gasteiger partial charge in [-0.05, 0) is 56.7 Å². The molecule has 25 heavy (non-hydrogen) atoms. The van der Waals surface area contributed by atoms with E-state index >= 15 is 0 Å². The van der Waals surface area contributed by atoms with Crippen LogP contribution in [-0.2, 0) is 10.0 Å². The molecule has 0 aromatic heterocycles. The van der Waals surface area contributed by atoms with Crippen molar-refractivity contribution >= 4 is 31.9 Å². The first kappa shape index (κ1) is 19.6. The van der Waals surface area contributed by atoms with E-state index < -0.39 is 10.0 Å². The molecule has 7 heteroatoms. The molecule has 0 unspecified atom stereocenters. The summed E-state index contributed by atoms with van der Waals surface area (Å²) in [6, 6.07) is 13.2. The lowest BCUT2D eigenvalue weighted by Gasteiger charge is -2.16. The molecule has 0 radical (unpaired) electrons. The van der Waals surface area contributed by atoms with E-state index in [1.165, 1.54) is 24.3 Å². The third-order valence-electron chi connectivity index (χ3n) is 3.54. The van der Waals surface area contributed by atoms with Crippen molar-refractivity contribution < 1.29 is 13.2 Å². The van der Waals surface area contributed by atoms with Crippen LogP contribution in [0.15, 0.2) is 57.9 Å². The third-order valence-corrected chi connectivity index (χ3v) is 5.93. The molecule has 2 aromatic rings. The number of hydrogen-bond acceptors (Lipinski definition) is 3. The second-order valence-corrected chi connectivity index (χ2v) is 8.59. The predicted octanol–water partition coefficient (Wildman–Crippen LogP) is 3.63. The van der Waals surface area contributed by atoms with Gasteiger partial charge in [-0.2, -0.15) is 0 Å². The minimum absolute atomic E-state index is 0.136. The number of rotatable bonds is 6. The molecule has 2 aromatic carbocycles. The summed E-state index contributed by atoms with van der Waals surface area (Å²) in [4.78, 5) is 12.5. The number of benzene rings is 2. The molecule has 0 spiro atoms. The Hall–Kier alpha value is -1.70. The van der Waals surface area contributed by atoms with Gasteiger partial charge in [0.25, 0.3) is 5.91 Å². The van der Waals surface area contributed by atoms with E-state index in [-0.39, 0.29) is 22.9 Å². The maximum atomic E-state index is 12.4. The monoisotopic (exact) mass is 424 g/mol. The highest BCUT2D eigenvalue weighted by molar-refractivity contribution is 9.10. The predicted molar refractivity (Wildman–Crippen MR) is 102 cm³/mol. The van der Waals surface area contributed by atoms with Crippen molar-refractivity contribution in [3.63, 3.8) is 0 Å². The second-order valence-electron chi connectivity index (χ2n) is 6.02. The lowest BCUT2D eigenvalue weighted by molar-refractivity contribution is 0.0939. The van der Waals surface area contributed by atoms with E-state index in [0.29, 0.717) is 5.56 Å². The van der Waals surface area contributed by atoms with Gasteiger partial charge in [0.1, 0.15) is 0 Å². The maximum absolute atomic E-state index is 12.4. The molecule has 0 aliphatic rings. The van der Waals surface area contributed by atoms with Crippen molar-refractivity contribution in [2.45, 2.75) is 37.8 Å². The number of nitrogens with one attached hydrogen (secondary N) is 2. The summed E-state index contributed by atoms with van der Waals surface area (Å²) < 4.78 is 27.6. The minimum Gasteiger partial charge on any atom is -0.345 e. The van der Waals surface area contributed by atoms with Crippen molar-refractivity contribution in [2.24, 2.45) is 0 Å². The summed E-state index contributed by atoms with van der Waals surface area (Å²) in [5, 5.41) is 2.91. The van der Waals surface area contributed by atoms with Crippen LogP contribution in [0.1, 0.15) is 42.7 Å². The summed E-state index contributed by atoms with van der Waals surface area (Å²) in [5.41, 5.74) is 1.37. The Bertz CT molecular complexity index is 849. The van der Waals surface area contributed by atoms with Crippen molar-refractivity contribution in [1.82, 2.24) is 10.0 Å². The highest BCUT2D eigenvalue weighted by Gasteiger charge is 2.17. The van der Waals surface area contributed by atoms with Gasteiger partial charge in [0, 0.05) is 16.1 Å². The van der Waals surface area contributed by atoms with Crippen LogP contribution in [0.5, 0.6) is 0 Å². The summed E-state index contributed by atoms with van der Waals surface area (Å²) in [5.74, 6) is -0.260. The van der Waals surface area contributed by atoms with Crippen molar-refractivity contribution in [3.8, 4) is 0 Å². The fourth-order valence-corrected chi connectivity index (χ4v) is 4.23. The number of carbonyl (C=O) groups is 1. The van der Waals surface area contributed by atoms with Gasteiger partial charge in [-0.1, -0.05) is 34.1 Å². The van der Waals surface area contributed by atoms with Crippen LogP contribution in [0, 0.1) is 0 Å². The Morgan fingerprint density at radius 2 is 1.60 bits per heavy atom. The molecule has 0 aliphatic heterocycles. The highest BCUT2D eigenvalue weighted by atomic mass is 79.9. The number of sulfonamides is 1. The van der Waals surface area contributed by atoms with Crippen molar-refractivity contribution in [2.75, 3.05) is 0 Å². The fourth-order valence-electron chi connectivity index (χ4n) is 2.35. The zero-order chi connectivity index (χ0) is 18.6. The highest BCUT2D eigenvalue weighted by Crippen LogP contribution is 2.23. The quantitative estimate of drug-likeness (QED) is 0.742. The van der Waals surface area contributed by atoms with Gasteiger partial charge in [-0.3, -0.25) is 4.79 Å². The maximum Gasteiger partial charge on any atom is 0.251 e. The molecule has 0 saturated heterocycles. The molecular weight excluding hydrogens is 404 g/mol. The zero-order valence-corrected chi connectivity index (χ0v) is 16.7. The van der Waals surface area contributed by atoms with Gasteiger partial charge in [-0.15, -0.1) is 0 Å². The van der Waals surface area contributed by atoms with Crippen LogP contribution in [0.4, 0.5) is 0 Å². The molecule has 0 bridgehead atoms. The first-order valence-electron chi connectivity index (χ1n) is 7.88. The Morgan fingerprint density at radius 3 is 2.16 bits per heavy atom. The standard InChI is InChI=1S/C18H21BrN2O3S/c1-12(2)21-25(23,24)15-10-8-14(9-11-15)18(22)20-13(3)16-6-4-5-7-17(16)19/h4-13,21H,1-3H3,(H,20,22)/t13-/m1/s1. The fraction of sp³-hybridized carbons (Fsp3) is 0.278. The third kappa shape index (κ3) is 5.14. The number of hydrogen-bond donors (Lipinski definition) is 2. The lowest BCUT2D eigenvalue weighted by atomic mass is 10.1. The normalized spacial score (nSPS) is 12.8. The molecule has 134 valence electrons. The van der Waals surface area contributed by atoms with Crippen molar-refractivity contribution in [1.29, 1.82) is 0 Å². The molecule has 0 saturated carbocycles. The Balaban J connectivity index is 2.12. The van der Waals surface area contributed by atoms with Crippen LogP contribution in [0.3, 0.4) is 0 Å². The Kier molecular flexibility index (Phi) is 6.37. The van der Waals surface area contributed by atoms with Crippen LogP contribution in [0.2, 0.25) is 0 Å². The van der Waals surface area contributed by atoms with E-state index in [1.54, 1.807) is 13.8 Å². The minimum atomic E-state index is -3.56. The molecule has 0 aliphatic carbocycles. The second kappa shape index (κ2) is 8.12. The summed E-state index contributed by atoms with van der Waals surface area (Å²) >= 11 is 3.47. The van der Waals surface area contributed by atoms with E-state index in [0.717, 1.165) is 10.0 Å². The Morgan fingerprint density at radius 1 is 1.00 bits per heavy atom. The average Bonchev–Trinajstić information content (AvgIpc) is 2.54. The molecule has 2 rings (SSSR count). The molecule has 0 fully saturated rings. The summed E-state index contributed by atoms with van der Waals surface area (Å²) in [7, 11) is -3.56. The van der Waals surface area contributed by atoms with Crippen LogP contribution >= 0.6 is 15.9 Å². The van der Waals surface area contributed by atoms with Gasteiger partial charge >= 0.3 is 0 Å². The molecule has 1 atom stereocenters. The summed E-state index contributed by atoms with van der Waals surface area (Å²) in [6.07, 6.45) is 0. The van der Waals surface area contributed by atoms with E-state index in [1.807, 2.05) is 31.2 Å². The van der Waals surface area contributed by atoms with E-state index in [9.17, 15) is 13.2 Å². The van der Waals surface area contributed by atoms with E-state index in [2.05, 4.69) is 26.0 Å². The van der Waals surface area contributed by atoms with Gasteiger partial charge in [0.05, 0.1) is 10.9 Å². The first-order valence-corrected chi connectivity index (χ1v) is 10.2. The van der Waals surface area contributed by atoms with Crippen LogP contribution < -0.4 is 10.0 Å². The smallest absolute Gasteiger partial charge is 0.251 e. The SMILES string of the molecule is CC(C)NS(=O)(=O)c1ccc(C(=O)N[C@H](C)c2ccccc2Br)cc1. The van der Waals surface area contributed by atoms with Crippen LogP contribution in [0.25, 0.3) is 0 Å². The molecule has 1 amide bonds. The van der Waals surface area contributed by atoms with Gasteiger partial charge in [0.15, 0.2) is 0 Å². The van der Waals surface area contributed by atoms with Crippen molar-refractivity contribution in [3.05, 3.63) is 64.1 Å². The topological polar surface area (TPSA) is 75.3 Å². The van der Waals surface area contributed by atoms with Gasteiger partial charge < -0.3 is 5.32 Å². The van der Waals surface area contributed by atoms with Gasteiger partial charge in [0.2, 0.25) is 10.0 Å². The zero-order valence-electron chi connectivity index (χ0n) is 14.3. The lowest BCUT2D eigenvalue weighted by Crippen LogP contribution is -2.30. The van der Waals surface area contributed by atoms with Gasteiger partial charge in [-0.25, -0.2) is 13.1 Å². The number of halogens is 1. The largest absolute Gasteiger partial charge is 0.345 e. The molecule has 0 heterocycles. The number of amides is 1. The molecule has 2 N–H and O–H groups in total. The Labute approximate surface area is 157 Å². The molecule has 5 nitrogen and oxygen atoms in total. The number of carbonyl (C=O) groups excluding carboxylic acids is 1. The molecular formula is C18H21BrN2O3S. The summed E-state index contributed by atoms with van der Waals surface area (Å²) in [6.45, 7) is 5.40. The van der Waals surface area contributed by atoms with Crippen LogP contribution in [-0.4, -0.2) is 20.4 Å². The average molecular weight is 425 g/mol.